The van der Waals surface area contributed by atoms with Crippen molar-refractivity contribution in [2.45, 2.75) is 63.4 Å². The number of ether oxygens (including phenoxy) is 1. The van der Waals surface area contributed by atoms with Gasteiger partial charge in [-0.25, -0.2) is 4.79 Å². The molecule has 1 spiro atoms. The monoisotopic (exact) mass is 430 g/mol. The Morgan fingerprint density at radius 3 is 2.50 bits per heavy atom. The van der Waals surface area contributed by atoms with E-state index in [4.69, 9.17) is 14.6 Å². The standard InChI is InChI=1S/C19H28N2O2.C2HF3O2/c1-2-17-19(11-9-18(22)20-19)10-6-12-21(17)13-14-23-15-16-7-4-3-5-8-16;3-2(4,5)1(6)7/h3-5,7-8,17H,2,6,9-15H2,1H3,(H,20,22);(H,6,7)/t17-,19+;/m1./s1. The Morgan fingerprint density at radius 2 is 1.97 bits per heavy atom. The van der Waals surface area contributed by atoms with Crippen LogP contribution in [0.1, 0.15) is 44.6 Å². The van der Waals surface area contributed by atoms with Crippen molar-refractivity contribution in [3.05, 3.63) is 35.9 Å². The van der Waals surface area contributed by atoms with Crippen LogP contribution < -0.4 is 5.32 Å². The number of nitrogens with zero attached hydrogens (tertiary/aromatic N) is 1. The van der Waals surface area contributed by atoms with E-state index < -0.39 is 12.1 Å². The molecule has 0 aliphatic carbocycles. The number of likely N-dealkylation sites (tertiary alicyclic amines) is 1. The molecular formula is C21H29F3N2O4. The van der Waals surface area contributed by atoms with Crippen molar-refractivity contribution in [3.8, 4) is 0 Å². The second kappa shape index (κ2) is 10.8. The van der Waals surface area contributed by atoms with Crippen molar-refractivity contribution < 1.29 is 32.6 Å². The van der Waals surface area contributed by atoms with Crippen LogP contribution in [0.15, 0.2) is 30.3 Å². The maximum atomic E-state index is 11.7. The van der Waals surface area contributed by atoms with Gasteiger partial charge in [0.2, 0.25) is 5.91 Å². The van der Waals surface area contributed by atoms with Gasteiger partial charge in [-0.1, -0.05) is 37.3 Å². The number of alkyl halides is 3. The lowest BCUT2D eigenvalue weighted by Crippen LogP contribution is -2.62. The van der Waals surface area contributed by atoms with Crippen LogP contribution in [0, 0.1) is 0 Å². The number of nitrogens with one attached hydrogen (secondary N) is 1. The maximum absolute atomic E-state index is 11.7. The molecule has 30 heavy (non-hydrogen) atoms. The summed E-state index contributed by atoms with van der Waals surface area (Å²) in [6.07, 6.45) is -0.0341. The summed E-state index contributed by atoms with van der Waals surface area (Å²) in [5.41, 5.74) is 1.24. The van der Waals surface area contributed by atoms with Crippen LogP contribution >= 0.6 is 0 Å². The van der Waals surface area contributed by atoms with Crippen LogP contribution in [-0.2, 0) is 20.9 Å². The van der Waals surface area contributed by atoms with Gasteiger partial charge in [0.1, 0.15) is 0 Å². The van der Waals surface area contributed by atoms with Gasteiger partial charge in [-0.2, -0.15) is 13.2 Å². The fourth-order valence-corrected chi connectivity index (χ4v) is 4.31. The molecule has 2 N–H and O–H groups in total. The molecule has 0 bridgehead atoms. The highest BCUT2D eigenvalue weighted by atomic mass is 19.4. The zero-order valence-electron chi connectivity index (χ0n) is 17.1. The molecule has 0 unspecified atom stereocenters. The summed E-state index contributed by atoms with van der Waals surface area (Å²) in [5, 5.41) is 10.4. The van der Waals surface area contributed by atoms with Gasteiger partial charge in [0.25, 0.3) is 0 Å². The molecule has 2 aliphatic heterocycles. The van der Waals surface area contributed by atoms with Crippen molar-refractivity contribution in [2.75, 3.05) is 19.7 Å². The number of hydrogen-bond acceptors (Lipinski definition) is 4. The van der Waals surface area contributed by atoms with E-state index in [1.807, 2.05) is 18.2 Å². The molecule has 3 rings (SSSR count). The van der Waals surface area contributed by atoms with Gasteiger partial charge in [-0.05, 0) is 37.8 Å². The lowest BCUT2D eigenvalue weighted by atomic mass is 9.78. The molecule has 1 aromatic carbocycles. The highest BCUT2D eigenvalue weighted by Crippen LogP contribution is 2.36. The van der Waals surface area contributed by atoms with E-state index in [0.29, 0.717) is 19.1 Å². The molecule has 0 saturated carbocycles. The summed E-state index contributed by atoms with van der Waals surface area (Å²) in [6.45, 7) is 5.72. The fraction of sp³-hybridized carbons (Fsp3) is 0.619. The van der Waals surface area contributed by atoms with Crippen LogP contribution in [0.3, 0.4) is 0 Å². The molecule has 2 heterocycles. The number of halogens is 3. The first kappa shape index (κ1) is 24.1. The van der Waals surface area contributed by atoms with E-state index >= 15 is 0 Å². The molecule has 1 aromatic rings. The lowest BCUT2D eigenvalue weighted by molar-refractivity contribution is -0.192. The average Bonchev–Trinajstić information content (AvgIpc) is 3.06. The predicted octanol–water partition coefficient (Wildman–Crippen LogP) is 3.36. The molecule has 0 aromatic heterocycles. The van der Waals surface area contributed by atoms with Crippen LogP contribution in [0.2, 0.25) is 0 Å². The van der Waals surface area contributed by atoms with Crippen molar-refractivity contribution in [2.24, 2.45) is 0 Å². The number of piperidine rings is 1. The number of benzene rings is 1. The summed E-state index contributed by atoms with van der Waals surface area (Å²) in [7, 11) is 0. The van der Waals surface area contributed by atoms with E-state index in [0.717, 1.165) is 45.4 Å². The molecule has 2 saturated heterocycles. The largest absolute Gasteiger partial charge is 0.490 e. The molecular weight excluding hydrogens is 401 g/mol. The van der Waals surface area contributed by atoms with Crippen molar-refractivity contribution in [3.63, 3.8) is 0 Å². The third-order valence-electron chi connectivity index (χ3n) is 5.60. The highest BCUT2D eigenvalue weighted by molar-refractivity contribution is 5.79. The third kappa shape index (κ3) is 6.70. The van der Waals surface area contributed by atoms with Gasteiger partial charge in [0.05, 0.1) is 18.8 Å². The number of aliphatic carboxylic acids is 1. The summed E-state index contributed by atoms with van der Waals surface area (Å²) in [6, 6.07) is 10.8. The number of carbonyl (C=O) groups is 2. The maximum Gasteiger partial charge on any atom is 0.490 e. The SMILES string of the molecule is CC[C@H]1N(CCOCc2ccccc2)CCC[C@]12CCC(=O)N2.O=C(O)C(F)(F)F. The minimum atomic E-state index is -5.08. The fourth-order valence-electron chi connectivity index (χ4n) is 4.31. The molecule has 2 fully saturated rings. The molecule has 168 valence electrons. The number of hydrogen-bond donors (Lipinski definition) is 2. The van der Waals surface area contributed by atoms with E-state index in [9.17, 15) is 18.0 Å². The van der Waals surface area contributed by atoms with Gasteiger partial charge in [-0.15, -0.1) is 0 Å². The Kier molecular flexibility index (Phi) is 8.66. The minimum absolute atomic E-state index is 0.0174. The van der Waals surface area contributed by atoms with Crippen LogP contribution in [0.25, 0.3) is 0 Å². The molecule has 0 radical (unpaired) electrons. The summed E-state index contributed by atoms with van der Waals surface area (Å²) in [5.74, 6) is -2.53. The van der Waals surface area contributed by atoms with E-state index in [2.05, 4.69) is 29.3 Å². The Morgan fingerprint density at radius 1 is 1.30 bits per heavy atom. The molecule has 1 amide bonds. The zero-order valence-corrected chi connectivity index (χ0v) is 17.1. The molecule has 9 heteroatoms. The van der Waals surface area contributed by atoms with E-state index in [1.54, 1.807) is 0 Å². The van der Waals surface area contributed by atoms with Crippen molar-refractivity contribution in [1.82, 2.24) is 10.2 Å². The van der Waals surface area contributed by atoms with Crippen LogP contribution in [0.5, 0.6) is 0 Å². The van der Waals surface area contributed by atoms with Gasteiger partial charge >= 0.3 is 12.1 Å². The number of amides is 1. The second-order valence-electron chi connectivity index (χ2n) is 7.61. The van der Waals surface area contributed by atoms with E-state index in [1.165, 1.54) is 5.56 Å². The topological polar surface area (TPSA) is 78.9 Å². The third-order valence-corrected chi connectivity index (χ3v) is 5.60. The summed E-state index contributed by atoms with van der Waals surface area (Å²) in [4.78, 5) is 23.2. The average molecular weight is 430 g/mol. The number of carboxylic acid groups (broad SMARTS) is 1. The summed E-state index contributed by atoms with van der Waals surface area (Å²) >= 11 is 0. The van der Waals surface area contributed by atoms with Crippen LogP contribution in [0.4, 0.5) is 13.2 Å². The van der Waals surface area contributed by atoms with Crippen LogP contribution in [-0.4, -0.2) is 59.3 Å². The normalized spacial score (nSPS) is 24.3. The number of carboxylic acids is 1. The lowest BCUT2D eigenvalue weighted by Gasteiger charge is -2.48. The highest BCUT2D eigenvalue weighted by Gasteiger charge is 2.47. The van der Waals surface area contributed by atoms with Gasteiger partial charge in [0.15, 0.2) is 0 Å². The Labute approximate surface area is 174 Å². The smallest absolute Gasteiger partial charge is 0.475 e. The van der Waals surface area contributed by atoms with E-state index in [-0.39, 0.29) is 11.4 Å². The quantitative estimate of drug-likeness (QED) is 0.677. The van der Waals surface area contributed by atoms with Gasteiger partial charge in [-0.3, -0.25) is 9.69 Å². The Bertz CT molecular complexity index is 699. The Balaban J connectivity index is 0.000000396. The molecule has 2 aliphatic rings. The van der Waals surface area contributed by atoms with Gasteiger partial charge in [0, 0.05) is 19.0 Å². The molecule has 6 nitrogen and oxygen atoms in total. The predicted molar refractivity (Wildman–Crippen MR) is 105 cm³/mol. The first-order valence-electron chi connectivity index (χ1n) is 10.1. The van der Waals surface area contributed by atoms with Crippen molar-refractivity contribution >= 4 is 11.9 Å². The number of carbonyl (C=O) groups excluding carboxylic acids is 1. The minimum Gasteiger partial charge on any atom is -0.475 e. The zero-order chi connectivity index (χ0) is 22.2. The first-order chi connectivity index (χ1) is 14.2. The number of rotatable bonds is 6. The summed E-state index contributed by atoms with van der Waals surface area (Å²) < 4.78 is 37.6. The van der Waals surface area contributed by atoms with Gasteiger partial charge < -0.3 is 15.2 Å². The Hall–Kier alpha value is -2.13. The first-order valence-corrected chi connectivity index (χ1v) is 10.1. The van der Waals surface area contributed by atoms with Crippen molar-refractivity contribution in [1.29, 1.82) is 0 Å². The molecule has 2 atom stereocenters. The second-order valence-corrected chi connectivity index (χ2v) is 7.61.